The van der Waals surface area contributed by atoms with Gasteiger partial charge in [0.1, 0.15) is 11.3 Å². The minimum Gasteiger partial charge on any atom is -0.504 e. The Kier molecular flexibility index (Phi) is 3.93. The molecule has 0 atom stereocenters. The van der Waals surface area contributed by atoms with Gasteiger partial charge in [0.15, 0.2) is 11.6 Å². The van der Waals surface area contributed by atoms with E-state index < -0.39 is 17.5 Å². The molecule has 0 amide bonds. The number of hydrogen-bond donors (Lipinski definition) is 1. The zero-order valence-electron chi connectivity index (χ0n) is 10.2. The van der Waals surface area contributed by atoms with E-state index in [1.807, 2.05) is 0 Å². The molecule has 17 heavy (non-hydrogen) atoms. The Morgan fingerprint density at radius 1 is 1.47 bits per heavy atom. The van der Waals surface area contributed by atoms with Crippen LogP contribution in [-0.2, 0) is 4.74 Å². The number of aryl methyl sites for hydroxylation is 1. The Labute approximate surface area is 99.0 Å². The minimum absolute atomic E-state index is 0.114. The molecule has 1 aromatic carbocycles. The quantitative estimate of drug-likeness (QED) is 0.827. The summed E-state index contributed by atoms with van der Waals surface area (Å²) in [5, 5.41) is 9.62. The third-order valence-electron chi connectivity index (χ3n) is 2.14. The van der Waals surface area contributed by atoms with E-state index in [4.69, 9.17) is 4.74 Å². The molecule has 0 aliphatic heterocycles. The van der Waals surface area contributed by atoms with Crippen molar-refractivity contribution < 1.29 is 23.8 Å². The van der Waals surface area contributed by atoms with Crippen LogP contribution in [0.5, 0.6) is 11.5 Å². The fraction of sp³-hybridized carbons (Fsp3) is 0.417. The molecule has 0 radical (unpaired) electrons. The van der Waals surface area contributed by atoms with Crippen LogP contribution in [0.3, 0.4) is 0 Å². The van der Waals surface area contributed by atoms with E-state index in [1.165, 1.54) is 13.0 Å². The number of phenols is 1. The van der Waals surface area contributed by atoms with Gasteiger partial charge < -0.3 is 14.6 Å². The van der Waals surface area contributed by atoms with Crippen LogP contribution in [0.15, 0.2) is 6.07 Å². The molecule has 94 valence electrons. The molecule has 4 nitrogen and oxygen atoms in total. The van der Waals surface area contributed by atoms with Crippen molar-refractivity contribution in [3.05, 3.63) is 23.0 Å². The van der Waals surface area contributed by atoms with Crippen molar-refractivity contribution in [3.63, 3.8) is 0 Å². The van der Waals surface area contributed by atoms with Gasteiger partial charge in [-0.15, -0.1) is 0 Å². The van der Waals surface area contributed by atoms with E-state index in [1.54, 1.807) is 13.8 Å². The number of carbonyl (C=O) groups excluding carboxylic acids is 1. The fourth-order valence-corrected chi connectivity index (χ4v) is 1.39. The Balaban J connectivity index is 3.40. The van der Waals surface area contributed by atoms with Crippen molar-refractivity contribution in [1.29, 1.82) is 0 Å². The monoisotopic (exact) mass is 242 g/mol. The van der Waals surface area contributed by atoms with Gasteiger partial charge in [0.25, 0.3) is 0 Å². The van der Waals surface area contributed by atoms with Crippen molar-refractivity contribution in [1.82, 2.24) is 0 Å². The van der Waals surface area contributed by atoms with Gasteiger partial charge in [-0.1, -0.05) is 0 Å². The van der Waals surface area contributed by atoms with Gasteiger partial charge in [0.05, 0.1) is 13.2 Å². The van der Waals surface area contributed by atoms with Crippen LogP contribution >= 0.6 is 0 Å². The molecule has 0 unspecified atom stereocenters. The molecular weight excluding hydrogens is 227 g/mol. The average molecular weight is 242 g/mol. The maximum absolute atomic E-state index is 13.5. The third kappa shape index (κ3) is 2.67. The smallest absolute Gasteiger partial charge is 0.345 e. The van der Waals surface area contributed by atoms with Gasteiger partial charge in [0.2, 0.25) is 0 Å². The van der Waals surface area contributed by atoms with Crippen LogP contribution in [0.4, 0.5) is 4.39 Å². The molecule has 5 heteroatoms. The largest absolute Gasteiger partial charge is 0.504 e. The third-order valence-corrected chi connectivity index (χ3v) is 2.14. The summed E-state index contributed by atoms with van der Waals surface area (Å²) in [5.41, 5.74) is -0.0879. The first-order chi connectivity index (χ1) is 7.88. The van der Waals surface area contributed by atoms with Crippen molar-refractivity contribution in [2.45, 2.75) is 26.9 Å². The Hall–Kier alpha value is -1.78. The number of methoxy groups -OCH3 is 1. The Bertz CT molecular complexity index is 441. The van der Waals surface area contributed by atoms with Gasteiger partial charge in [-0.3, -0.25) is 0 Å². The van der Waals surface area contributed by atoms with Crippen LogP contribution in [0.25, 0.3) is 0 Å². The highest BCUT2D eigenvalue weighted by atomic mass is 19.1. The number of hydrogen-bond acceptors (Lipinski definition) is 4. The van der Waals surface area contributed by atoms with Gasteiger partial charge >= 0.3 is 5.97 Å². The standard InChI is InChI=1S/C12H15FO4/c1-6(2)17-8-5-7(3)10(13)11(14)9(8)12(15)16-4/h5-6,14H,1-4H3. The van der Waals surface area contributed by atoms with Gasteiger partial charge in [-0.25, -0.2) is 9.18 Å². The van der Waals surface area contributed by atoms with Crippen LogP contribution < -0.4 is 4.74 Å². The molecule has 0 aliphatic carbocycles. The second kappa shape index (κ2) is 5.03. The molecule has 1 rings (SSSR count). The zero-order chi connectivity index (χ0) is 13.2. The molecule has 0 heterocycles. The summed E-state index contributed by atoms with van der Waals surface area (Å²) in [6.45, 7) is 5.00. The number of esters is 1. The highest BCUT2D eigenvalue weighted by Gasteiger charge is 2.24. The predicted octanol–water partition coefficient (Wildman–Crippen LogP) is 2.41. The first-order valence-electron chi connectivity index (χ1n) is 5.15. The number of ether oxygens (including phenoxy) is 2. The highest BCUT2D eigenvalue weighted by molar-refractivity contribution is 5.95. The normalized spacial score (nSPS) is 10.5. The molecule has 1 N–H and O–H groups in total. The molecule has 0 bridgehead atoms. The average Bonchev–Trinajstić information content (AvgIpc) is 2.25. The number of aromatic hydroxyl groups is 1. The van der Waals surface area contributed by atoms with Crippen molar-refractivity contribution >= 4 is 5.97 Å². The zero-order valence-corrected chi connectivity index (χ0v) is 10.2. The van der Waals surface area contributed by atoms with E-state index in [-0.39, 0.29) is 23.0 Å². The van der Waals surface area contributed by atoms with Crippen molar-refractivity contribution in [2.24, 2.45) is 0 Å². The lowest BCUT2D eigenvalue weighted by Gasteiger charge is -2.15. The Morgan fingerprint density at radius 2 is 2.06 bits per heavy atom. The lowest BCUT2D eigenvalue weighted by molar-refractivity contribution is 0.0589. The van der Waals surface area contributed by atoms with E-state index in [2.05, 4.69) is 4.74 Å². The van der Waals surface area contributed by atoms with Crippen LogP contribution in [0.1, 0.15) is 29.8 Å². The Morgan fingerprint density at radius 3 is 2.53 bits per heavy atom. The number of phenolic OH excluding ortho intramolecular Hbond substituents is 1. The molecule has 0 saturated carbocycles. The highest BCUT2D eigenvalue weighted by Crippen LogP contribution is 2.34. The summed E-state index contributed by atoms with van der Waals surface area (Å²) in [6, 6.07) is 1.36. The molecule has 1 aromatic rings. The lowest BCUT2D eigenvalue weighted by Crippen LogP contribution is -2.12. The number of rotatable bonds is 3. The van der Waals surface area contributed by atoms with Gasteiger partial charge in [-0.2, -0.15) is 0 Å². The summed E-state index contributed by atoms with van der Waals surface area (Å²) in [5.74, 6) is -2.31. The predicted molar refractivity (Wildman–Crippen MR) is 59.9 cm³/mol. The molecule has 0 spiro atoms. The molecule has 0 aliphatic rings. The first-order valence-corrected chi connectivity index (χ1v) is 5.15. The first kappa shape index (κ1) is 13.3. The van der Waals surface area contributed by atoms with E-state index in [9.17, 15) is 14.3 Å². The number of halogens is 1. The topological polar surface area (TPSA) is 55.8 Å². The van der Waals surface area contributed by atoms with Crippen molar-refractivity contribution in [2.75, 3.05) is 7.11 Å². The van der Waals surface area contributed by atoms with Crippen LogP contribution in [0, 0.1) is 12.7 Å². The maximum Gasteiger partial charge on any atom is 0.345 e. The summed E-state index contributed by atoms with van der Waals surface area (Å²) >= 11 is 0. The fourth-order valence-electron chi connectivity index (χ4n) is 1.39. The van der Waals surface area contributed by atoms with Gasteiger partial charge in [0, 0.05) is 0 Å². The van der Waals surface area contributed by atoms with Crippen LogP contribution in [0.2, 0.25) is 0 Å². The second-order valence-corrected chi connectivity index (χ2v) is 3.89. The molecule has 0 aromatic heterocycles. The van der Waals surface area contributed by atoms with E-state index in [0.717, 1.165) is 7.11 Å². The summed E-state index contributed by atoms with van der Waals surface area (Å²) in [6.07, 6.45) is -0.206. The van der Waals surface area contributed by atoms with Gasteiger partial charge in [-0.05, 0) is 32.4 Å². The summed E-state index contributed by atoms with van der Waals surface area (Å²) in [7, 11) is 1.15. The number of carbonyl (C=O) groups is 1. The summed E-state index contributed by atoms with van der Waals surface area (Å²) < 4.78 is 23.3. The molecule has 0 fully saturated rings. The van der Waals surface area contributed by atoms with E-state index >= 15 is 0 Å². The van der Waals surface area contributed by atoms with Crippen LogP contribution in [-0.4, -0.2) is 24.3 Å². The lowest BCUT2D eigenvalue weighted by atomic mass is 10.1. The molecular formula is C12H15FO4. The minimum atomic E-state index is -0.846. The maximum atomic E-state index is 13.5. The SMILES string of the molecule is COC(=O)c1c(OC(C)C)cc(C)c(F)c1O. The number of benzene rings is 1. The van der Waals surface area contributed by atoms with E-state index in [0.29, 0.717) is 0 Å². The molecule has 0 saturated heterocycles. The van der Waals surface area contributed by atoms with Crippen molar-refractivity contribution in [3.8, 4) is 11.5 Å². The summed E-state index contributed by atoms with van der Waals surface area (Å²) in [4.78, 5) is 11.5. The second-order valence-electron chi connectivity index (χ2n) is 3.89.